The first-order chi connectivity index (χ1) is 12.7. The third-order valence-electron chi connectivity index (χ3n) is 3.49. The van der Waals surface area contributed by atoms with Gasteiger partial charge in [0.25, 0.3) is 0 Å². The van der Waals surface area contributed by atoms with E-state index in [0.29, 0.717) is 29.1 Å². The summed E-state index contributed by atoms with van der Waals surface area (Å²) >= 11 is 1.17. The Balaban J connectivity index is 1.86. The first-order valence-corrected chi connectivity index (χ1v) is 8.83. The highest BCUT2D eigenvalue weighted by Crippen LogP contribution is 2.37. The summed E-state index contributed by atoms with van der Waals surface area (Å²) in [6.07, 6.45) is 0. The number of primary amides is 1. The van der Waals surface area contributed by atoms with Gasteiger partial charge in [0.15, 0.2) is 17.3 Å². The van der Waals surface area contributed by atoms with Crippen molar-refractivity contribution in [1.29, 1.82) is 0 Å². The number of nitrogens with two attached hydrogens (primary N) is 1. The number of carbonyl (C=O) groups is 1. The van der Waals surface area contributed by atoms with E-state index in [1.54, 1.807) is 7.11 Å². The van der Waals surface area contributed by atoms with E-state index < -0.39 is 5.91 Å². The summed E-state index contributed by atoms with van der Waals surface area (Å²) in [5.41, 5.74) is 6.92. The van der Waals surface area contributed by atoms with E-state index in [1.165, 1.54) is 11.8 Å². The zero-order chi connectivity index (χ0) is 18.4. The fourth-order valence-corrected chi connectivity index (χ4v) is 2.85. The maximum atomic E-state index is 10.9. The number of aromatic nitrogens is 3. The number of ether oxygens (including phenoxy) is 2. The lowest BCUT2D eigenvalue weighted by Crippen LogP contribution is -2.13. The molecule has 0 radical (unpaired) electrons. The largest absolute Gasteiger partial charge is 0.493 e. The van der Waals surface area contributed by atoms with E-state index >= 15 is 0 Å². The Bertz CT molecular complexity index is 883. The molecule has 26 heavy (non-hydrogen) atoms. The number of nitrogens with zero attached hydrogens (tertiary/aromatic N) is 2. The standard InChI is InChI=1S/C18H18N4O3S/c1-24-14-9-5-8-13(16(14)25-10-12-6-3-2-4-7-12)17-20-18(22-21-17)26-11-15(19)23/h2-9H,10-11H2,1H3,(H2,19,23)(H,20,21,22). The molecule has 0 fully saturated rings. The molecule has 0 atom stereocenters. The fraction of sp³-hybridized carbons (Fsp3) is 0.167. The Hall–Kier alpha value is -3.00. The molecule has 1 heterocycles. The van der Waals surface area contributed by atoms with Gasteiger partial charge in [-0.2, -0.15) is 0 Å². The number of methoxy groups -OCH3 is 1. The minimum Gasteiger partial charge on any atom is -0.493 e. The molecule has 3 aromatic rings. The van der Waals surface area contributed by atoms with Gasteiger partial charge in [0.05, 0.1) is 18.4 Å². The van der Waals surface area contributed by atoms with Gasteiger partial charge in [-0.3, -0.25) is 9.89 Å². The van der Waals surface area contributed by atoms with Crippen LogP contribution in [-0.2, 0) is 11.4 Å². The topological polar surface area (TPSA) is 103 Å². The molecule has 8 heteroatoms. The molecule has 0 aliphatic heterocycles. The van der Waals surface area contributed by atoms with Crippen molar-refractivity contribution in [1.82, 2.24) is 15.2 Å². The van der Waals surface area contributed by atoms with Crippen LogP contribution < -0.4 is 15.2 Å². The van der Waals surface area contributed by atoms with Crippen LogP contribution in [0.4, 0.5) is 0 Å². The molecule has 0 saturated carbocycles. The van der Waals surface area contributed by atoms with Gasteiger partial charge < -0.3 is 15.2 Å². The highest BCUT2D eigenvalue weighted by Gasteiger charge is 2.16. The van der Waals surface area contributed by atoms with Crippen LogP contribution in [0.15, 0.2) is 53.7 Å². The quantitative estimate of drug-likeness (QED) is 0.591. The van der Waals surface area contributed by atoms with Gasteiger partial charge in [0, 0.05) is 0 Å². The van der Waals surface area contributed by atoms with Crippen molar-refractivity contribution >= 4 is 17.7 Å². The van der Waals surface area contributed by atoms with Gasteiger partial charge >= 0.3 is 0 Å². The minimum absolute atomic E-state index is 0.118. The van der Waals surface area contributed by atoms with Crippen LogP contribution in [-0.4, -0.2) is 34.0 Å². The first kappa shape index (κ1) is 17.8. The summed E-state index contributed by atoms with van der Waals surface area (Å²) in [6, 6.07) is 15.4. The number of carbonyl (C=O) groups excluding carboxylic acids is 1. The predicted molar refractivity (Wildman–Crippen MR) is 99.1 cm³/mol. The number of aromatic amines is 1. The van der Waals surface area contributed by atoms with Crippen LogP contribution in [0.25, 0.3) is 11.4 Å². The molecule has 0 aliphatic carbocycles. The van der Waals surface area contributed by atoms with Crippen LogP contribution in [0.1, 0.15) is 5.56 Å². The van der Waals surface area contributed by atoms with Crippen LogP contribution in [0.2, 0.25) is 0 Å². The number of amides is 1. The Morgan fingerprint density at radius 3 is 2.73 bits per heavy atom. The number of benzene rings is 2. The van der Waals surface area contributed by atoms with Gasteiger partial charge in [0.2, 0.25) is 11.1 Å². The van der Waals surface area contributed by atoms with Crippen LogP contribution in [0.3, 0.4) is 0 Å². The van der Waals surface area contributed by atoms with E-state index in [1.807, 2.05) is 48.5 Å². The molecule has 0 bridgehead atoms. The fourth-order valence-electron chi connectivity index (χ4n) is 2.31. The number of nitrogens with one attached hydrogen (secondary N) is 1. The van der Waals surface area contributed by atoms with Crippen molar-refractivity contribution < 1.29 is 14.3 Å². The van der Waals surface area contributed by atoms with Gasteiger partial charge in [-0.05, 0) is 17.7 Å². The van der Waals surface area contributed by atoms with Crippen molar-refractivity contribution in [2.45, 2.75) is 11.8 Å². The monoisotopic (exact) mass is 370 g/mol. The number of H-pyrrole nitrogens is 1. The number of para-hydroxylation sites is 1. The number of hydrogen-bond acceptors (Lipinski definition) is 6. The maximum Gasteiger partial charge on any atom is 0.227 e. The maximum absolute atomic E-state index is 10.9. The predicted octanol–water partition coefficient (Wildman–Crippen LogP) is 2.64. The molecular weight excluding hydrogens is 352 g/mol. The molecule has 0 unspecified atom stereocenters. The Labute approximate surface area is 154 Å². The summed E-state index contributed by atoms with van der Waals surface area (Å²) in [6.45, 7) is 0.394. The second-order valence-electron chi connectivity index (χ2n) is 5.33. The zero-order valence-corrected chi connectivity index (χ0v) is 15.0. The van der Waals surface area contributed by atoms with E-state index in [9.17, 15) is 4.79 Å². The van der Waals surface area contributed by atoms with Gasteiger partial charge in [0.1, 0.15) is 6.61 Å². The molecule has 1 amide bonds. The normalized spacial score (nSPS) is 10.5. The second-order valence-corrected chi connectivity index (χ2v) is 6.28. The molecule has 3 N–H and O–H groups in total. The van der Waals surface area contributed by atoms with Crippen LogP contribution in [0.5, 0.6) is 11.5 Å². The summed E-state index contributed by atoms with van der Waals surface area (Å²) in [7, 11) is 1.59. The van der Waals surface area contributed by atoms with Crippen molar-refractivity contribution in [3.8, 4) is 22.9 Å². The smallest absolute Gasteiger partial charge is 0.227 e. The van der Waals surface area contributed by atoms with Crippen molar-refractivity contribution in [3.63, 3.8) is 0 Å². The van der Waals surface area contributed by atoms with E-state index in [2.05, 4.69) is 15.2 Å². The van der Waals surface area contributed by atoms with E-state index in [0.717, 1.165) is 11.1 Å². The molecule has 0 aliphatic rings. The second kappa shape index (κ2) is 8.39. The summed E-state index contributed by atoms with van der Waals surface area (Å²) in [4.78, 5) is 15.3. The van der Waals surface area contributed by atoms with Gasteiger partial charge in [-0.1, -0.05) is 48.2 Å². The van der Waals surface area contributed by atoms with Gasteiger partial charge in [-0.25, -0.2) is 4.98 Å². The zero-order valence-electron chi connectivity index (χ0n) is 14.1. The lowest BCUT2D eigenvalue weighted by molar-refractivity contribution is -0.115. The number of rotatable bonds is 8. The van der Waals surface area contributed by atoms with Crippen LogP contribution in [0, 0.1) is 0 Å². The number of thioether (sulfide) groups is 1. The highest BCUT2D eigenvalue weighted by atomic mass is 32.2. The Kier molecular flexibility index (Phi) is 5.75. The minimum atomic E-state index is -0.422. The molecule has 2 aromatic carbocycles. The third kappa shape index (κ3) is 4.34. The molecule has 134 valence electrons. The van der Waals surface area contributed by atoms with Gasteiger partial charge in [-0.15, -0.1) is 5.10 Å². The lowest BCUT2D eigenvalue weighted by Gasteiger charge is -2.14. The summed E-state index contributed by atoms with van der Waals surface area (Å²) in [5.74, 6) is 1.39. The average molecular weight is 370 g/mol. The van der Waals surface area contributed by atoms with Crippen molar-refractivity contribution in [3.05, 3.63) is 54.1 Å². The molecule has 0 saturated heterocycles. The van der Waals surface area contributed by atoms with E-state index in [-0.39, 0.29) is 5.75 Å². The molecular formula is C18H18N4O3S. The number of hydrogen-bond donors (Lipinski definition) is 2. The highest BCUT2D eigenvalue weighted by molar-refractivity contribution is 7.99. The Morgan fingerprint density at radius 1 is 1.19 bits per heavy atom. The Morgan fingerprint density at radius 2 is 2.00 bits per heavy atom. The SMILES string of the molecule is COc1cccc(-c2nc(SCC(N)=O)n[nH]2)c1OCc1ccccc1. The molecule has 1 aromatic heterocycles. The van der Waals surface area contributed by atoms with Crippen molar-refractivity contribution in [2.75, 3.05) is 12.9 Å². The summed E-state index contributed by atoms with van der Waals surface area (Å²) in [5, 5.41) is 7.41. The molecule has 0 spiro atoms. The third-order valence-corrected chi connectivity index (χ3v) is 4.36. The average Bonchev–Trinajstić information content (AvgIpc) is 3.14. The lowest BCUT2D eigenvalue weighted by atomic mass is 10.1. The molecule has 7 nitrogen and oxygen atoms in total. The summed E-state index contributed by atoms with van der Waals surface area (Å²) < 4.78 is 11.4. The van der Waals surface area contributed by atoms with Crippen LogP contribution >= 0.6 is 11.8 Å². The van der Waals surface area contributed by atoms with Crippen molar-refractivity contribution in [2.24, 2.45) is 5.73 Å². The first-order valence-electron chi connectivity index (χ1n) is 7.85. The van der Waals surface area contributed by atoms with E-state index in [4.69, 9.17) is 15.2 Å². The molecule has 3 rings (SSSR count).